The number of amides is 4. The molecule has 0 bridgehead atoms. The monoisotopic (exact) mass is 382 g/mol. The summed E-state index contributed by atoms with van der Waals surface area (Å²) >= 11 is 0. The fourth-order valence-electron chi connectivity index (χ4n) is 2.90. The molecule has 0 radical (unpaired) electrons. The maximum atomic E-state index is 12.5. The molecule has 3 rings (SSSR count). The van der Waals surface area contributed by atoms with Gasteiger partial charge in [0.15, 0.2) is 0 Å². The highest BCUT2D eigenvalue weighted by Gasteiger charge is 2.40. The molecule has 0 saturated carbocycles. The summed E-state index contributed by atoms with van der Waals surface area (Å²) in [5.74, 6) is -2.80. The quantitative estimate of drug-likeness (QED) is 0.436. The summed E-state index contributed by atoms with van der Waals surface area (Å²) < 4.78 is 0. The van der Waals surface area contributed by atoms with Crippen LogP contribution in [0.4, 0.5) is 11.4 Å². The normalized spacial score (nSPS) is 12.6. The first-order chi connectivity index (χ1) is 13.3. The number of carbonyl (C=O) groups excluding carboxylic acids is 4. The van der Waals surface area contributed by atoms with Crippen molar-refractivity contribution in [2.45, 2.75) is 6.42 Å². The van der Waals surface area contributed by atoms with Gasteiger partial charge < -0.3 is 11.1 Å². The Bertz CT molecular complexity index is 1030. The van der Waals surface area contributed by atoms with E-state index in [9.17, 15) is 29.3 Å². The zero-order valence-corrected chi connectivity index (χ0v) is 14.4. The molecule has 0 aromatic heterocycles. The maximum Gasteiger partial charge on any atom is 0.282 e. The number of nitrogens with two attached hydrogens (primary N) is 1. The van der Waals surface area contributed by atoms with Crippen LogP contribution in [0.5, 0.6) is 0 Å². The van der Waals surface area contributed by atoms with Gasteiger partial charge in [-0.2, -0.15) is 0 Å². The molecule has 142 valence electrons. The first-order valence-corrected chi connectivity index (χ1v) is 8.13. The Morgan fingerprint density at radius 3 is 2.46 bits per heavy atom. The highest BCUT2D eigenvalue weighted by atomic mass is 16.6. The average Bonchev–Trinajstić information content (AvgIpc) is 2.90. The number of nitro groups is 1. The van der Waals surface area contributed by atoms with Crippen molar-refractivity contribution >= 4 is 35.0 Å². The summed E-state index contributed by atoms with van der Waals surface area (Å²) in [5, 5.41) is 13.6. The van der Waals surface area contributed by atoms with Crippen molar-refractivity contribution in [3.8, 4) is 0 Å². The minimum atomic E-state index is -0.822. The summed E-state index contributed by atoms with van der Waals surface area (Å²) in [6, 6.07) is 9.91. The highest BCUT2D eigenvalue weighted by Crippen LogP contribution is 2.30. The third-order valence-electron chi connectivity index (χ3n) is 4.20. The van der Waals surface area contributed by atoms with Crippen LogP contribution in [0, 0.1) is 10.1 Å². The van der Waals surface area contributed by atoms with Crippen molar-refractivity contribution in [2.75, 3.05) is 11.9 Å². The van der Waals surface area contributed by atoms with Crippen LogP contribution in [0.2, 0.25) is 0 Å². The zero-order valence-electron chi connectivity index (χ0n) is 14.4. The van der Waals surface area contributed by atoms with E-state index in [-0.39, 0.29) is 35.3 Å². The van der Waals surface area contributed by atoms with Gasteiger partial charge >= 0.3 is 0 Å². The second kappa shape index (κ2) is 7.27. The van der Waals surface area contributed by atoms with Gasteiger partial charge in [0.05, 0.1) is 21.7 Å². The van der Waals surface area contributed by atoms with E-state index in [2.05, 4.69) is 5.32 Å². The van der Waals surface area contributed by atoms with Crippen molar-refractivity contribution in [3.63, 3.8) is 0 Å². The molecule has 10 heteroatoms. The predicted molar refractivity (Wildman–Crippen MR) is 96.7 cm³/mol. The fourth-order valence-corrected chi connectivity index (χ4v) is 2.90. The summed E-state index contributed by atoms with van der Waals surface area (Å²) in [6.45, 7) is -0.270. The summed E-state index contributed by atoms with van der Waals surface area (Å²) in [4.78, 5) is 59.6. The van der Waals surface area contributed by atoms with Crippen LogP contribution in [0.15, 0.2) is 42.5 Å². The molecule has 0 spiro atoms. The van der Waals surface area contributed by atoms with Gasteiger partial charge in [0.1, 0.15) is 5.56 Å². The molecular weight excluding hydrogens is 368 g/mol. The summed E-state index contributed by atoms with van der Waals surface area (Å²) in [5.41, 5.74) is 4.76. The number of hydrogen-bond donors (Lipinski definition) is 2. The molecule has 10 nitrogen and oxygen atoms in total. The minimum Gasteiger partial charge on any atom is -0.366 e. The molecule has 4 amide bonds. The lowest BCUT2D eigenvalue weighted by molar-refractivity contribution is -0.385. The number of fused-ring (bicyclic) bond motifs is 1. The number of benzene rings is 2. The van der Waals surface area contributed by atoms with Crippen molar-refractivity contribution in [3.05, 3.63) is 69.3 Å². The Morgan fingerprint density at radius 2 is 1.79 bits per heavy atom. The van der Waals surface area contributed by atoms with E-state index in [0.717, 1.165) is 11.0 Å². The smallest absolute Gasteiger partial charge is 0.282 e. The number of rotatable bonds is 6. The Labute approximate surface area is 158 Å². The van der Waals surface area contributed by atoms with Crippen molar-refractivity contribution in [1.82, 2.24) is 4.90 Å². The Balaban J connectivity index is 1.72. The third-order valence-corrected chi connectivity index (χ3v) is 4.20. The Morgan fingerprint density at radius 1 is 1.07 bits per heavy atom. The molecule has 0 aliphatic carbocycles. The highest BCUT2D eigenvalue weighted by molar-refractivity contribution is 6.23. The molecule has 0 fully saturated rings. The van der Waals surface area contributed by atoms with E-state index >= 15 is 0 Å². The molecule has 1 aliphatic heterocycles. The minimum absolute atomic E-state index is 0.0707. The number of anilines is 1. The number of carbonyl (C=O) groups is 4. The number of imide groups is 1. The Hall–Kier alpha value is -4.08. The average molecular weight is 382 g/mol. The van der Waals surface area contributed by atoms with Gasteiger partial charge in [-0.25, -0.2) is 0 Å². The lowest BCUT2D eigenvalue weighted by Crippen LogP contribution is -2.33. The lowest BCUT2D eigenvalue weighted by atomic mass is 10.1. The molecule has 1 heterocycles. The maximum absolute atomic E-state index is 12.5. The molecule has 1 aliphatic rings. The molecule has 3 N–H and O–H groups in total. The van der Waals surface area contributed by atoms with Crippen LogP contribution < -0.4 is 11.1 Å². The molecule has 2 aromatic rings. The van der Waals surface area contributed by atoms with E-state index in [1.165, 1.54) is 24.3 Å². The van der Waals surface area contributed by atoms with Crippen LogP contribution in [0.1, 0.15) is 37.5 Å². The van der Waals surface area contributed by atoms with Crippen molar-refractivity contribution in [2.24, 2.45) is 5.73 Å². The van der Waals surface area contributed by atoms with E-state index in [1.807, 2.05) is 0 Å². The standard InChI is InChI=1S/C18H14N4O6/c19-16(24)10-4-1-2-6-12(10)20-14(23)8-9-21-17(25)11-5-3-7-13(22(27)28)15(11)18(21)26/h1-7H,8-9H2,(H2,19,24)(H,20,23). The van der Waals surface area contributed by atoms with Gasteiger partial charge in [-0.3, -0.25) is 34.2 Å². The van der Waals surface area contributed by atoms with Crippen molar-refractivity contribution in [1.29, 1.82) is 0 Å². The first-order valence-electron chi connectivity index (χ1n) is 8.13. The first kappa shape index (κ1) is 18.7. The van der Waals surface area contributed by atoms with Gasteiger partial charge in [0.2, 0.25) is 5.91 Å². The van der Waals surface area contributed by atoms with E-state index in [0.29, 0.717) is 0 Å². The molecule has 0 saturated heterocycles. The number of para-hydroxylation sites is 1. The molecule has 28 heavy (non-hydrogen) atoms. The van der Waals surface area contributed by atoms with Gasteiger partial charge in [0.25, 0.3) is 23.4 Å². The molecule has 0 atom stereocenters. The lowest BCUT2D eigenvalue weighted by Gasteiger charge is -2.14. The molecule has 0 unspecified atom stereocenters. The fraction of sp³-hybridized carbons (Fsp3) is 0.111. The van der Waals surface area contributed by atoms with Gasteiger partial charge in [-0.05, 0) is 18.2 Å². The van der Waals surface area contributed by atoms with Crippen LogP contribution in [-0.2, 0) is 4.79 Å². The largest absolute Gasteiger partial charge is 0.366 e. The second-order valence-corrected chi connectivity index (χ2v) is 5.93. The number of hydrogen-bond acceptors (Lipinski definition) is 6. The SMILES string of the molecule is NC(=O)c1ccccc1NC(=O)CCN1C(=O)c2cccc([N+](=O)[O-])c2C1=O. The zero-order chi connectivity index (χ0) is 20.4. The second-order valence-electron chi connectivity index (χ2n) is 5.93. The van der Waals surface area contributed by atoms with Crippen LogP contribution in [0.3, 0.4) is 0 Å². The van der Waals surface area contributed by atoms with Crippen LogP contribution in [-0.4, -0.2) is 40.0 Å². The third kappa shape index (κ3) is 3.30. The predicted octanol–water partition coefficient (Wildman–Crippen LogP) is 1.32. The van der Waals surface area contributed by atoms with Gasteiger partial charge in [-0.1, -0.05) is 18.2 Å². The summed E-state index contributed by atoms with van der Waals surface area (Å²) in [6.07, 6.45) is -0.258. The Kier molecular flexibility index (Phi) is 4.86. The van der Waals surface area contributed by atoms with Gasteiger partial charge in [-0.15, -0.1) is 0 Å². The number of nitrogens with one attached hydrogen (secondary N) is 1. The molecular formula is C18H14N4O6. The van der Waals surface area contributed by atoms with E-state index in [4.69, 9.17) is 5.73 Å². The van der Waals surface area contributed by atoms with Crippen molar-refractivity contribution < 1.29 is 24.1 Å². The van der Waals surface area contributed by atoms with E-state index < -0.39 is 34.2 Å². The number of nitrogens with zero attached hydrogens (tertiary/aromatic N) is 2. The number of nitro benzene ring substituents is 1. The van der Waals surface area contributed by atoms with Gasteiger partial charge in [0, 0.05) is 19.0 Å². The van der Waals surface area contributed by atoms with Crippen LogP contribution >= 0.6 is 0 Å². The van der Waals surface area contributed by atoms with E-state index in [1.54, 1.807) is 12.1 Å². The summed E-state index contributed by atoms with van der Waals surface area (Å²) in [7, 11) is 0. The number of primary amides is 1. The van der Waals surface area contributed by atoms with Crippen LogP contribution in [0.25, 0.3) is 0 Å². The topological polar surface area (TPSA) is 153 Å². The molecule has 2 aromatic carbocycles.